The summed E-state index contributed by atoms with van der Waals surface area (Å²) in [5, 5.41) is 18.5. The zero-order chi connectivity index (χ0) is 24.0. The van der Waals surface area contributed by atoms with Crippen LogP contribution < -0.4 is 14.2 Å². The maximum atomic E-state index is 12.7. The number of carboxylic acid groups (broad SMARTS) is 1. The minimum absolute atomic E-state index is 0.230. The van der Waals surface area contributed by atoms with Crippen LogP contribution in [0.1, 0.15) is 21.5 Å². The molecule has 0 radical (unpaired) electrons. The lowest BCUT2D eigenvalue weighted by molar-refractivity contribution is -0.139. The van der Waals surface area contributed by atoms with Gasteiger partial charge in [-0.15, -0.1) is 0 Å². The summed E-state index contributed by atoms with van der Waals surface area (Å²) in [5.74, 6) is -0.220. The molecule has 0 atom stereocenters. The van der Waals surface area contributed by atoms with Crippen molar-refractivity contribution in [1.82, 2.24) is 0 Å². The van der Waals surface area contributed by atoms with Crippen LogP contribution in [0.25, 0.3) is 0 Å². The van der Waals surface area contributed by atoms with Crippen LogP contribution in [0, 0.1) is 18.3 Å². The molecule has 0 aliphatic heterocycles. The van der Waals surface area contributed by atoms with Gasteiger partial charge in [0.2, 0.25) is 0 Å². The number of aryl methyl sites for hydroxylation is 1. The Kier molecular flexibility index (Phi) is 7.78. The van der Waals surface area contributed by atoms with Crippen molar-refractivity contribution in [3.05, 3.63) is 81.3 Å². The lowest BCUT2D eigenvalue weighted by Crippen LogP contribution is -2.14. The third-order valence-corrected chi connectivity index (χ3v) is 4.81. The van der Waals surface area contributed by atoms with Crippen LogP contribution in [0.5, 0.6) is 23.0 Å². The quantitative estimate of drug-likeness (QED) is 0.387. The van der Waals surface area contributed by atoms with E-state index in [9.17, 15) is 9.59 Å². The molecule has 0 aromatic heterocycles. The van der Waals surface area contributed by atoms with Crippen LogP contribution >= 0.6 is 23.2 Å². The maximum Gasteiger partial charge on any atom is 0.341 e. The highest BCUT2D eigenvalue weighted by atomic mass is 35.5. The Morgan fingerprint density at radius 2 is 1.70 bits per heavy atom. The molecule has 0 aliphatic carbocycles. The molecule has 0 spiro atoms. The average Bonchev–Trinajstić information content (AvgIpc) is 2.77. The number of carboxylic acids is 1. The number of ketones is 1. The first kappa shape index (κ1) is 23.9. The molecule has 0 amide bonds. The molecule has 0 bridgehead atoms. The molecule has 3 aromatic carbocycles. The zero-order valence-electron chi connectivity index (χ0n) is 17.3. The molecule has 9 heteroatoms. The topological polar surface area (TPSA) is 106 Å². The van der Waals surface area contributed by atoms with Crippen molar-refractivity contribution >= 4 is 35.0 Å². The summed E-state index contributed by atoms with van der Waals surface area (Å²) in [6.07, 6.45) is 0. The van der Waals surface area contributed by atoms with E-state index >= 15 is 0 Å². The summed E-state index contributed by atoms with van der Waals surface area (Å²) >= 11 is 12.1. The molecule has 168 valence electrons. The Labute approximate surface area is 199 Å². The van der Waals surface area contributed by atoms with E-state index in [0.717, 1.165) is 0 Å². The summed E-state index contributed by atoms with van der Waals surface area (Å²) in [7, 11) is 0. The van der Waals surface area contributed by atoms with Gasteiger partial charge in [0.1, 0.15) is 11.5 Å². The highest BCUT2D eigenvalue weighted by Crippen LogP contribution is 2.35. The van der Waals surface area contributed by atoms with E-state index in [0.29, 0.717) is 38.2 Å². The summed E-state index contributed by atoms with van der Waals surface area (Å²) in [6, 6.07) is 15.9. The molecule has 0 saturated carbocycles. The van der Waals surface area contributed by atoms with Crippen LogP contribution in [-0.2, 0) is 4.79 Å². The fourth-order valence-corrected chi connectivity index (χ4v) is 3.28. The smallest absolute Gasteiger partial charge is 0.341 e. The average molecular weight is 486 g/mol. The number of benzene rings is 3. The van der Waals surface area contributed by atoms with Crippen molar-refractivity contribution in [2.24, 2.45) is 0 Å². The van der Waals surface area contributed by atoms with E-state index in [1.807, 2.05) is 6.07 Å². The molecule has 0 heterocycles. The van der Waals surface area contributed by atoms with Crippen molar-refractivity contribution in [1.29, 1.82) is 5.26 Å². The standard InChI is InChI=1S/C24H17Cl2NO6/c1-14-6-18(31-13-24(29)30)3-4-20(14)21(28)12-32-23-10-16(25)2-5-22(23)33-19-8-15(11-27)7-17(26)9-19/h2-10H,12-13H2,1H3,(H,29,30). The van der Waals surface area contributed by atoms with Gasteiger partial charge in [-0.1, -0.05) is 23.2 Å². The number of carbonyl (C=O) groups is 2. The molecule has 0 fully saturated rings. The first-order valence-electron chi connectivity index (χ1n) is 9.54. The molecule has 3 aromatic rings. The Morgan fingerprint density at radius 1 is 0.909 bits per heavy atom. The number of ether oxygens (including phenoxy) is 3. The molecular weight excluding hydrogens is 469 g/mol. The van der Waals surface area contributed by atoms with E-state index in [2.05, 4.69) is 0 Å². The number of nitrogens with zero attached hydrogens (tertiary/aromatic N) is 1. The molecule has 0 aliphatic rings. The van der Waals surface area contributed by atoms with E-state index in [1.54, 1.807) is 37.3 Å². The number of carbonyl (C=O) groups excluding carboxylic acids is 1. The van der Waals surface area contributed by atoms with E-state index in [-0.39, 0.29) is 23.9 Å². The summed E-state index contributed by atoms with van der Waals surface area (Å²) in [5.41, 5.74) is 1.34. The Balaban J connectivity index is 1.74. The molecular formula is C24H17Cl2NO6. The van der Waals surface area contributed by atoms with Crippen LogP contribution in [-0.4, -0.2) is 30.1 Å². The third-order valence-electron chi connectivity index (χ3n) is 4.35. The normalized spacial score (nSPS) is 10.2. The molecule has 0 unspecified atom stereocenters. The second-order valence-corrected chi connectivity index (χ2v) is 7.72. The summed E-state index contributed by atoms with van der Waals surface area (Å²) < 4.78 is 16.6. The van der Waals surface area contributed by atoms with Crippen molar-refractivity contribution < 1.29 is 28.9 Å². The van der Waals surface area contributed by atoms with E-state index in [4.69, 9.17) is 47.8 Å². The minimum atomic E-state index is -1.10. The Hall–Kier alpha value is -3.73. The summed E-state index contributed by atoms with van der Waals surface area (Å²) in [4.78, 5) is 23.3. The lowest BCUT2D eigenvalue weighted by Gasteiger charge is -2.14. The van der Waals surface area contributed by atoms with Gasteiger partial charge in [-0.25, -0.2) is 4.79 Å². The van der Waals surface area contributed by atoms with Crippen LogP contribution in [0.4, 0.5) is 0 Å². The second kappa shape index (κ2) is 10.7. The number of aliphatic carboxylic acids is 1. The number of nitriles is 1. The van der Waals surface area contributed by atoms with Crippen LogP contribution in [0.15, 0.2) is 54.6 Å². The summed E-state index contributed by atoms with van der Waals surface area (Å²) in [6.45, 7) is 0.933. The van der Waals surface area contributed by atoms with Crippen molar-refractivity contribution in [3.8, 4) is 29.1 Å². The SMILES string of the molecule is Cc1cc(OCC(=O)O)ccc1C(=O)COc1cc(Cl)ccc1Oc1cc(Cl)cc(C#N)c1. The highest BCUT2D eigenvalue weighted by Gasteiger charge is 2.15. The number of hydrogen-bond donors (Lipinski definition) is 1. The largest absolute Gasteiger partial charge is 0.482 e. The van der Waals surface area contributed by atoms with Gasteiger partial charge in [0, 0.05) is 21.7 Å². The first-order chi connectivity index (χ1) is 15.7. The maximum absolute atomic E-state index is 12.7. The molecule has 7 nitrogen and oxygen atoms in total. The van der Waals surface area contributed by atoms with Crippen LogP contribution in [0.2, 0.25) is 10.0 Å². The van der Waals surface area contributed by atoms with Crippen molar-refractivity contribution in [2.75, 3.05) is 13.2 Å². The van der Waals surface area contributed by atoms with Crippen LogP contribution in [0.3, 0.4) is 0 Å². The predicted molar refractivity (Wildman–Crippen MR) is 122 cm³/mol. The first-order valence-corrected chi connectivity index (χ1v) is 10.3. The minimum Gasteiger partial charge on any atom is -0.482 e. The lowest BCUT2D eigenvalue weighted by atomic mass is 10.0. The van der Waals surface area contributed by atoms with E-state index < -0.39 is 12.6 Å². The second-order valence-electron chi connectivity index (χ2n) is 6.85. The number of halogens is 2. The Bertz CT molecular complexity index is 1250. The van der Waals surface area contributed by atoms with Gasteiger partial charge < -0.3 is 19.3 Å². The number of rotatable bonds is 9. The van der Waals surface area contributed by atoms with Gasteiger partial charge in [0.25, 0.3) is 0 Å². The number of hydrogen-bond acceptors (Lipinski definition) is 6. The van der Waals surface area contributed by atoms with Gasteiger partial charge in [0.05, 0.1) is 11.6 Å². The van der Waals surface area contributed by atoms with Gasteiger partial charge >= 0.3 is 5.97 Å². The van der Waals surface area contributed by atoms with Crippen molar-refractivity contribution in [3.63, 3.8) is 0 Å². The highest BCUT2D eigenvalue weighted by molar-refractivity contribution is 6.31. The third kappa shape index (κ3) is 6.62. The van der Waals surface area contributed by atoms with E-state index in [1.165, 1.54) is 24.3 Å². The Morgan fingerprint density at radius 3 is 2.39 bits per heavy atom. The monoisotopic (exact) mass is 485 g/mol. The molecule has 0 saturated heterocycles. The fraction of sp³-hybridized carbons (Fsp3) is 0.125. The predicted octanol–water partition coefficient (Wildman–Crippen LogP) is 5.69. The van der Waals surface area contributed by atoms with Gasteiger partial charge in [0.15, 0.2) is 30.5 Å². The molecule has 3 rings (SSSR count). The molecule has 33 heavy (non-hydrogen) atoms. The van der Waals surface area contributed by atoms with Gasteiger partial charge in [-0.2, -0.15) is 5.26 Å². The fourth-order valence-electron chi connectivity index (χ4n) is 2.90. The molecule has 1 N–H and O–H groups in total. The van der Waals surface area contributed by atoms with Gasteiger partial charge in [-0.3, -0.25) is 4.79 Å². The zero-order valence-corrected chi connectivity index (χ0v) is 18.8. The number of Topliss-reactive ketones (excluding diaryl/α,β-unsaturated/α-hetero) is 1. The van der Waals surface area contributed by atoms with Crippen molar-refractivity contribution in [2.45, 2.75) is 6.92 Å². The van der Waals surface area contributed by atoms with Gasteiger partial charge in [-0.05, 0) is 61.0 Å².